The van der Waals surface area contributed by atoms with Crippen LogP contribution in [0.2, 0.25) is 0 Å². The summed E-state index contributed by atoms with van der Waals surface area (Å²) in [6, 6.07) is 6.02. The van der Waals surface area contributed by atoms with Gasteiger partial charge in [0.15, 0.2) is 0 Å². The van der Waals surface area contributed by atoms with Crippen molar-refractivity contribution < 1.29 is 4.74 Å². The Bertz CT molecular complexity index is 369. The van der Waals surface area contributed by atoms with Gasteiger partial charge in [-0.1, -0.05) is 42.8 Å². The van der Waals surface area contributed by atoms with Crippen LogP contribution in [-0.4, -0.2) is 6.61 Å². The van der Waals surface area contributed by atoms with Crippen LogP contribution < -0.4 is 10.5 Å². The van der Waals surface area contributed by atoms with E-state index in [0.29, 0.717) is 5.41 Å². The van der Waals surface area contributed by atoms with E-state index in [1.807, 2.05) is 25.1 Å². The van der Waals surface area contributed by atoms with E-state index in [4.69, 9.17) is 10.5 Å². The summed E-state index contributed by atoms with van der Waals surface area (Å²) < 4.78 is 6.74. The summed E-state index contributed by atoms with van der Waals surface area (Å²) in [4.78, 5) is 0. The number of hydrogen-bond acceptors (Lipinski definition) is 2. The highest BCUT2D eigenvalue weighted by Crippen LogP contribution is 2.27. The number of rotatable bonds is 4. The van der Waals surface area contributed by atoms with Crippen LogP contribution in [0.4, 0.5) is 0 Å². The third-order valence-corrected chi connectivity index (χ3v) is 3.27. The maximum Gasteiger partial charge on any atom is 0.120 e. The van der Waals surface area contributed by atoms with Crippen LogP contribution in [-0.2, 0) is 0 Å². The minimum absolute atomic E-state index is 0.0352. The number of halogens is 1. The van der Waals surface area contributed by atoms with Crippen molar-refractivity contribution in [1.82, 2.24) is 0 Å². The highest BCUT2D eigenvalue weighted by atomic mass is 79.9. The van der Waals surface area contributed by atoms with Gasteiger partial charge in [-0.25, -0.2) is 0 Å². The number of benzene rings is 1. The van der Waals surface area contributed by atoms with Gasteiger partial charge in [0.1, 0.15) is 5.75 Å². The van der Waals surface area contributed by atoms with E-state index in [9.17, 15) is 0 Å². The Hall–Kier alpha value is -0.540. The van der Waals surface area contributed by atoms with Crippen molar-refractivity contribution >= 4 is 15.9 Å². The van der Waals surface area contributed by atoms with Crippen molar-refractivity contribution in [2.75, 3.05) is 6.61 Å². The Balaban J connectivity index is 2.59. The summed E-state index contributed by atoms with van der Waals surface area (Å²) in [6.07, 6.45) is 1.04. The van der Waals surface area contributed by atoms with Gasteiger partial charge in [-0.15, -0.1) is 0 Å². The molecule has 1 unspecified atom stereocenters. The second-order valence-corrected chi connectivity index (χ2v) is 6.49. The fraction of sp³-hybridized carbons (Fsp3) is 0.571. The fourth-order valence-corrected chi connectivity index (χ4v) is 2.16. The first-order chi connectivity index (χ1) is 7.79. The minimum Gasteiger partial charge on any atom is -0.494 e. The molecular formula is C14H22BrNO. The first kappa shape index (κ1) is 14.5. The third-order valence-electron chi connectivity index (χ3n) is 2.58. The second-order valence-electron chi connectivity index (χ2n) is 5.63. The standard InChI is InChI=1S/C14H22BrNO/c1-10(16)12-6-5-11(9-13(12)15)17-8-7-14(2,3)4/h5-6,9-10H,7-8,16H2,1-4H3. The molecule has 17 heavy (non-hydrogen) atoms. The molecule has 2 nitrogen and oxygen atoms in total. The Morgan fingerprint density at radius 2 is 2.00 bits per heavy atom. The molecule has 0 spiro atoms. The van der Waals surface area contributed by atoms with Gasteiger partial charge in [0, 0.05) is 10.5 Å². The molecule has 0 aliphatic rings. The Morgan fingerprint density at radius 1 is 1.35 bits per heavy atom. The number of hydrogen-bond donors (Lipinski definition) is 1. The predicted molar refractivity (Wildman–Crippen MR) is 76.3 cm³/mol. The lowest BCUT2D eigenvalue weighted by Crippen LogP contribution is -2.11. The zero-order valence-electron chi connectivity index (χ0n) is 11.1. The van der Waals surface area contributed by atoms with Gasteiger partial charge in [-0.05, 0) is 36.5 Å². The molecule has 0 fully saturated rings. The van der Waals surface area contributed by atoms with Crippen molar-refractivity contribution in [3.63, 3.8) is 0 Å². The minimum atomic E-state index is 0.0352. The van der Waals surface area contributed by atoms with E-state index in [1.54, 1.807) is 0 Å². The van der Waals surface area contributed by atoms with Crippen molar-refractivity contribution in [2.45, 2.75) is 40.2 Å². The van der Waals surface area contributed by atoms with E-state index >= 15 is 0 Å². The van der Waals surface area contributed by atoms with Crippen molar-refractivity contribution in [3.8, 4) is 5.75 Å². The van der Waals surface area contributed by atoms with Crippen LogP contribution in [0.15, 0.2) is 22.7 Å². The van der Waals surface area contributed by atoms with Crippen LogP contribution in [0.3, 0.4) is 0 Å². The average Bonchev–Trinajstić information content (AvgIpc) is 2.15. The van der Waals surface area contributed by atoms with E-state index < -0.39 is 0 Å². The smallest absolute Gasteiger partial charge is 0.120 e. The summed E-state index contributed by atoms with van der Waals surface area (Å²) in [5.41, 5.74) is 7.26. The lowest BCUT2D eigenvalue weighted by molar-refractivity contribution is 0.243. The Morgan fingerprint density at radius 3 is 2.47 bits per heavy atom. The van der Waals surface area contributed by atoms with Gasteiger partial charge in [0.25, 0.3) is 0 Å². The van der Waals surface area contributed by atoms with E-state index in [2.05, 4.69) is 36.7 Å². The van der Waals surface area contributed by atoms with E-state index in [0.717, 1.165) is 28.8 Å². The van der Waals surface area contributed by atoms with Crippen LogP contribution in [0, 0.1) is 5.41 Å². The molecule has 1 aromatic rings. The molecule has 0 amide bonds. The first-order valence-corrected chi connectivity index (χ1v) is 6.77. The van der Waals surface area contributed by atoms with Crippen LogP contribution >= 0.6 is 15.9 Å². The maximum absolute atomic E-state index is 5.85. The summed E-state index contributed by atoms with van der Waals surface area (Å²) in [6.45, 7) is 9.36. The molecule has 0 radical (unpaired) electrons. The molecule has 0 bridgehead atoms. The average molecular weight is 300 g/mol. The largest absolute Gasteiger partial charge is 0.494 e. The van der Waals surface area contributed by atoms with Crippen LogP contribution in [0.25, 0.3) is 0 Å². The molecule has 1 atom stereocenters. The Labute approximate surface area is 113 Å². The molecule has 1 rings (SSSR count). The van der Waals surface area contributed by atoms with Gasteiger partial charge >= 0.3 is 0 Å². The molecule has 2 N–H and O–H groups in total. The molecular weight excluding hydrogens is 278 g/mol. The van der Waals surface area contributed by atoms with Crippen molar-refractivity contribution in [3.05, 3.63) is 28.2 Å². The number of nitrogens with two attached hydrogens (primary N) is 1. The molecule has 0 heterocycles. The number of ether oxygens (including phenoxy) is 1. The monoisotopic (exact) mass is 299 g/mol. The highest BCUT2D eigenvalue weighted by molar-refractivity contribution is 9.10. The summed E-state index contributed by atoms with van der Waals surface area (Å²) in [7, 11) is 0. The lowest BCUT2D eigenvalue weighted by atomic mass is 9.93. The zero-order chi connectivity index (χ0) is 13.1. The van der Waals surface area contributed by atoms with Gasteiger partial charge in [-0.2, -0.15) is 0 Å². The second kappa shape index (κ2) is 5.87. The molecule has 0 aliphatic carbocycles. The highest BCUT2D eigenvalue weighted by Gasteiger charge is 2.10. The first-order valence-electron chi connectivity index (χ1n) is 5.97. The van der Waals surface area contributed by atoms with Gasteiger partial charge in [-0.3, -0.25) is 0 Å². The Kier molecular flexibility index (Phi) is 5.02. The maximum atomic E-state index is 5.85. The SMILES string of the molecule is CC(N)c1ccc(OCCC(C)(C)C)cc1Br. The van der Waals surface area contributed by atoms with Gasteiger partial charge in [0.05, 0.1) is 6.61 Å². The lowest BCUT2D eigenvalue weighted by Gasteiger charge is -2.18. The summed E-state index contributed by atoms with van der Waals surface area (Å²) in [5.74, 6) is 0.894. The normalized spacial score (nSPS) is 13.5. The fourth-order valence-electron chi connectivity index (χ4n) is 1.44. The third kappa shape index (κ3) is 5.09. The molecule has 3 heteroatoms. The molecule has 0 saturated heterocycles. The summed E-state index contributed by atoms with van der Waals surface area (Å²) in [5, 5.41) is 0. The quantitative estimate of drug-likeness (QED) is 0.900. The van der Waals surface area contributed by atoms with Crippen molar-refractivity contribution in [2.24, 2.45) is 11.1 Å². The van der Waals surface area contributed by atoms with Gasteiger partial charge < -0.3 is 10.5 Å². The van der Waals surface area contributed by atoms with Crippen LogP contribution in [0.5, 0.6) is 5.75 Å². The summed E-state index contributed by atoms with van der Waals surface area (Å²) >= 11 is 3.52. The molecule has 96 valence electrons. The van der Waals surface area contributed by atoms with Crippen LogP contribution in [0.1, 0.15) is 45.7 Å². The molecule has 0 aliphatic heterocycles. The molecule has 0 saturated carbocycles. The van der Waals surface area contributed by atoms with Gasteiger partial charge in [0.2, 0.25) is 0 Å². The molecule has 1 aromatic carbocycles. The predicted octanol–water partition coefficient (Wildman–Crippen LogP) is 4.28. The van der Waals surface area contributed by atoms with Crippen molar-refractivity contribution in [1.29, 1.82) is 0 Å². The van der Waals surface area contributed by atoms with E-state index in [1.165, 1.54) is 0 Å². The van der Waals surface area contributed by atoms with E-state index in [-0.39, 0.29) is 6.04 Å². The topological polar surface area (TPSA) is 35.2 Å². The zero-order valence-corrected chi connectivity index (χ0v) is 12.7. The molecule has 0 aromatic heterocycles.